The van der Waals surface area contributed by atoms with E-state index < -0.39 is 0 Å². The molecule has 0 spiro atoms. The van der Waals surface area contributed by atoms with Gasteiger partial charge < -0.3 is 10.1 Å². The zero-order chi connectivity index (χ0) is 22.0. The Morgan fingerprint density at radius 3 is 2.52 bits per heavy atom. The summed E-state index contributed by atoms with van der Waals surface area (Å²) < 4.78 is 19.5. The van der Waals surface area contributed by atoms with Crippen LogP contribution in [0, 0.1) is 5.82 Å². The van der Waals surface area contributed by atoms with Gasteiger partial charge in [-0.25, -0.2) is 9.18 Å². The normalized spacial score (nSPS) is 26.6. The monoisotopic (exact) mass is 429 g/mol. The molecule has 0 radical (unpaired) electrons. The number of carbonyl (C=O) groups excluding carboxylic acids is 1. The Labute approximate surface area is 182 Å². The number of aromatic nitrogens is 3. The van der Waals surface area contributed by atoms with Gasteiger partial charge >= 0.3 is 6.09 Å². The van der Waals surface area contributed by atoms with Crippen LogP contribution in [0.2, 0.25) is 0 Å². The number of carbonyl (C=O) groups is 1. The van der Waals surface area contributed by atoms with Crippen LogP contribution in [0.5, 0.6) is 0 Å². The van der Waals surface area contributed by atoms with Gasteiger partial charge in [0.1, 0.15) is 18.0 Å². The van der Waals surface area contributed by atoms with Crippen molar-refractivity contribution in [2.45, 2.75) is 76.1 Å². The van der Waals surface area contributed by atoms with Crippen LogP contribution in [-0.4, -0.2) is 56.8 Å². The van der Waals surface area contributed by atoms with Gasteiger partial charge in [-0.1, -0.05) is 12.1 Å². The average Bonchev–Trinajstić information content (AvgIpc) is 3.38. The lowest BCUT2D eigenvalue weighted by Gasteiger charge is -2.43. The molecule has 1 saturated carbocycles. The van der Waals surface area contributed by atoms with E-state index in [2.05, 4.69) is 15.5 Å². The number of piperidine rings is 1. The summed E-state index contributed by atoms with van der Waals surface area (Å²) in [5.74, 6) is -0.106. The van der Waals surface area contributed by atoms with Crippen molar-refractivity contribution in [2.24, 2.45) is 0 Å². The Bertz CT molecular complexity index is 859. The Kier molecular flexibility index (Phi) is 6.27. The maximum atomic E-state index is 13.4. The van der Waals surface area contributed by atoms with E-state index in [1.165, 1.54) is 12.1 Å². The van der Waals surface area contributed by atoms with E-state index in [1.54, 1.807) is 17.2 Å². The van der Waals surface area contributed by atoms with Gasteiger partial charge in [0, 0.05) is 18.1 Å². The molecule has 4 atom stereocenters. The molecule has 1 amide bonds. The number of nitrogens with zero attached hydrogens (tertiary/aromatic N) is 4. The van der Waals surface area contributed by atoms with Gasteiger partial charge in [-0.3, -0.25) is 4.90 Å². The molecule has 1 N–H and O–H groups in total. The van der Waals surface area contributed by atoms with Crippen LogP contribution in [0.25, 0.3) is 0 Å². The van der Waals surface area contributed by atoms with Gasteiger partial charge in [-0.15, -0.1) is 0 Å². The zero-order valence-electron chi connectivity index (χ0n) is 18.5. The van der Waals surface area contributed by atoms with Crippen molar-refractivity contribution < 1.29 is 13.9 Å². The van der Waals surface area contributed by atoms with Gasteiger partial charge in [0.15, 0.2) is 0 Å². The third kappa shape index (κ3) is 4.89. The lowest BCUT2D eigenvalue weighted by Crippen LogP contribution is -2.57. The highest BCUT2D eigenvalue weighted by Crippen LogP contribution is 2.42. The standard InChI is InChI=1S/C23H32FN5O2/c1-23(2,3)28(19-5-4-10-25-15-19)22(30)31-21-14-17(16-6-8-18(24)9-7-16)13-20(21)29-26-11-12-27-29/h6-9,11-12,17,19-21,25H,4-5,10,13-15H2,1-3H3/t17?,19?,20?,21-/m1/s1. The highest BCUT2D eigenvalue weighted by atomic mass is 19.1. The maximum Gasteiger partial charge on any atom is 0.410 e. The molecule has 31 heavy (non-hydrogen) atoms. The van der Waals surface area contributed by atoms with E-state index in [-0.39, 0.29) is 41.6 Å². The molecule has 3 unspecified atom stereocenters. The summed E-state index contributed by atoms with van der Waals surface area (Å²) in [5, 5.41) is 12.0. The summed E-state index contributed by atoms with van der Waals surface area (Å²) in [6.07, 6.45) is 6.04. The van der Waals surface area contributed by atoms with Crippen LogP contribution < -0.4 is 5.32 Å². The predicted molar refractivity (Wildman–Crippen MR) is 115 cm³/mol. The Morgan fingerprint density at radius 2 is 1.90 bits per heavy atom. The summed E-state index contributed by atoms with van der Waals surface area (Å²) >= 11 is 0. The van der Waals surface area contributed by atoms with E-state index in [9.17, 15) is 9.18 Å². The summed E-state index contributed by atoms with van der Waals surface area (Å²) in [4.78, 5) is 17.0. The number of benzene rings is 1. The van der Waals surface area contributed by atoms with Crippen molar-refractivity contribution in [1.29, 1.82) is 0 Å². The molecule has 2 aliphatic rings. The summed E-state index contributed by atoms with van der Waals surface area (Å²) in [6, 6.07) is 6.54. The molecule has 1 aliphatic heterocycles. The number of halogens is 1. The molecule has 2 heterocycles. The fourth-order valence-electron chi connectivity index (χ4n) is 4.96. The predicted octanol–water partition coefficient (Wildman–Crippen LogP) is 3.89. The van der Waals surface area contributed by atoms with Crippen molar-refractivity contribution in [3.05, 3.63) is 48.0 Å². The van der Waals surface area contributed by atoms with Crippen LogP contribution in [0.1, 0.15) is 64.0 Å². The molecule has 1 aromatic carbocycles. The van der Waals surface area contributed by atoms with E-state index in [1.807, 2.05) is 37.8 Å². The maximum absolute atomic E-state index is 13.4. The van der Waals surface area contributed by atoms with Gasteiger partial charge in [-0.05, 0) is 76.6 Å². The largest absolute Gasteiger partial charge is 0.444 e. The molecule has 168 valence electrons. The molecular weight excluding hydrogens is 397 g/mol. The van der Waals surface area contributed by atoms with Crippen molar-refractivity contribution in [3.63, 3.8) is 0 Å². The Hall–Kier alpha value is -2.48. The molecule has 0 bridgehead atoms. The minimum absolute atomic E-state index is 0.108. The fraction of sp³-hybridized carbons (Fsp3) is 0.609. The van der Waals surface area contributed by atoms with Crippen LogP contribution in [0.15, 0.2) is 36.7 Å². The second-order valence-electron chi connectivity index (χ2n) is 9.60. The Morgan fingerprint density at radius 1 is 1.19 bits per heavy atom. The fourth-order valence-corrected chi connectivity index (χ4v) is 4.96. The molecule has 7 nitrogen and oxygen atoms in total. The van der Waals surface area contributed by atoms with Gasteiger partial charge in [0.25, 0.3) is 0 Å². The lowest BCUT2D eigenvalue weighted by atomic mass is 9.97. The van der Waals surface area contributed by atoms with Crippen LogP contribution >= 0.6 is 0 Å². The molecule has 2 fully saturated rings. The second-order valence-corrected chi connectivity index (χ2v) is 9.60. The first-order valence-electron chi connectivity index (χ1n) is 11.1. The first kappa shape index (κ1) is 21.7. The minimum Gasteiger partial charge on any atom is -0.444 e. The lowest BCUT2D eigenvalue weighted by molar-refractivity contribution is 0.00274. The molecule has 1 aliphatic carbocycles. The molecule has 1 aromatic heterocycles. The first-order chi connectivity index (χ1) is 14.8. The summed E-state index contributed by atoms with van der Waals surface area (Å²) in [6.45, 7) is 7.90. The topological polar surface area (TPSA) is 72.3 Å². The number of nitrogens with one attached hydrogen (secondary N) is 1. The van der Waals surface area contributed by atoms with Gasteiger partial charge in [0.2, 0.25) is 0 Å². The number of hydrogen-bond donors (Lipinski definition) is 1. The number of amides is 1. The smallest absolute Gasteiger partial charge is 0.410 e. The van der Waals surface area contributed by atoms with Crippen molar-refractivity contribution in [2.75, 3.05) is 13.1 Å². The van der Waals surface area contributed by atoms with Crippen molar-refractivity contribution in [3.8, 4) is 0 Å². The van der Waals surface area contributed by atoms with Crippen LogP contribution in [0.4, 0.5) is 9.18 Å². The molecule has 4 rings (SSSR count). The third-order valence-corrected chi connectivity index (χ3v) is 6.35. The van der Waals surface area contributed by atoms with Crippen LogP contribution in [-0.2, 0) is 4.74 Å². The molecular formula is C23H32FN5O2. The first-order valence-corrected chi connectivity index (χ1v) is 11.1. The quantitative estimate of drug-likeness (QED) is 0.798. The van der Waals surface area contributed by atoms with E-state index in [0.29, 0.717) is 6.42 Å². The van der Waals surface area contributed by atoms with E-state index in [0.717, 1.165) is 37.9 Å². The van der Waals surface area contributed by atoms with Crippen LogP contribution in [0.3, 0.4) is 0 Å². The number of hydrogen-bond acceptors (Lipinski definition) is 5. The van der Waals surface area contributed by atoms with Crippen molar-refractivity contribution >= 4 is 6.09 Å². The van der Waals surface area contributed by atoms with E-state index >= 15 is 0 Å². The number of rotatable bonds is 4. The average molecular weight is 430 g/mol. The highest BCUT2D eigenvalue weighted by Gasteiger charge is 2.43. The summed E-state index contributed by atoms with van der Waals surface area (Å²) in [5.41, 5.74) is 0.691. The van der Waals surface area contributed by atoms with Gasteiger partial charge in [-0.2, -0.15) is 15.0 Å². The third-order valence-electron chi connectivity index (χ3n) is 6.35. The second kappa shape index (κ2) is 8.94. The molecule has 2 aromatic rings. The molecule has 8 heteroatoms. The molecule has 1 saturated heterocycles. The minimum atomic E-state index is -0.352. The van der Waals surface area contributed by atoms with E-state index in [4.69, 9.17) is 4.74 Å². The summed E-state index contributed by atoms with van der Waals surface area (Å²) in [7, 11) is 0. The zero-order valence-corrected chi connectivity index (χ0v) is 18.5. The number of ether oxygens (including phenoxy) is 1. The SMILES string of the molecule is CC(C)(C)N(C(=O)O[C@@H]1CC(c2ccc(F)cc2)CC1n1nccn1)C1CCCNC1. The highest BCUT2D eigenvalue weighted by molar-refractivity contribution is 5.69. The van der Waals surface area contributed by atoms with Crippen molar-refractivity contribution in [1.82, 2.24) is 25.2 Å². The Balaban J connectivity index is 1.54. The van der Waals surface area contributed by atoms with Gasteiger partial charge in [0.05, 0.1) is 12.4 Å².